The highest BCUT2D eigenvalue weighted by Crippen LogP contribution is 2.34. The van der Waals surface area contributed by atoms with Crippen molar-refractivity contribution in [3.63, 3.8) is 0 Å². The van der Waals surface area contributed by atoms with Gasteiger partial charge in [0.05, 0.1) is 21.3 Å². The average molecular weight is 432 g/mol. The molecule has 0 aliphatic carbocycles. The van der Waals surface area contributed by atoms with Gasteiger partial charge in [0.1, 0.15) is 5.75 Å². The summed E-state index contributed by atoms with van der Waals surface area (Å²) in [6, 6.07) is 3.54. The number of nitrogens with zero attached hydrogens (tertiary/aromatic N) is 3. The minimum Gasteiger partial charge on any atom is -0.496 e. The Kier molecular flexibility index (Phi) is 6.56. The number of aromatic nitrogens is 4. The number of carbonyl (C=O) groups is 1. The maximum Gasteiger partial charge on any atom is 0.252 e. The van der Waals surface area contributed by atoms with Gasteiger partial charge in [-0.25, -0.2) is 9.50 Å². The molecule has 0 aliphatic rings. The standard InChI is InChI=1S/C20H25N5O4S/c1-11-14(12(2)25-19(22-11)23-20(30)24-25)6-7-18(26)21-10-13-8-16(28-4)17(29-5)9-15(13)27-3/h8-9H,6-7,10H2,1-5H3,(H,21,26)(H,24,30). The lowest BCUT2D eigenvalue weighted by Crippen LogP contribution is -2.23. The number of methoxy groups -OCH3 is 3. The van der Waals surface area contributed by atoms with Crippen LogP contribution in [0.3, 0.4) is 0 Å². The zero-order chi connectivity index (χ0) is 21.8. The van der Waals surface area contributed by atoms with Crippen LogP contribution in [-0.4, -0.2) is 46.8 Å². The van der Waals surface area contributed by atoms with Gasteiger partial charge in [0.15, 0.2) is 11.5 Å². The molecule has 1 amide bonds. The van der Waals surface area contributed by atoms with Gasteiger partial charge in [-0.05, 0) is 44.1 Å². The van der Waals surface area contributed by atoms with E-state index in [4.69, 9.17) is 26.4 Å². The molecule has 30 heavy (non-hydrogen) atoms. The van der Waals surface area contributed by atoms with E-state index in [0.717, 1.165) is 22.5 Å². The number of ether oxygens (including phenoxy) is 3. The van der Waals surface area contributed by atoms with Gasteiger partial charge < -0.3 is 19.5 Å². The van der Waals surface area contributed by atoms with Crippen molar-refractivity contribution < 1.29 is 19.0 Å². The lowest BCUT2D eigenvalue weighted by atomic mass is 10.1. The van der Waals surface area contributed by atoms with Crippen LogP contribution in [0.15, 0.2) is 12.1 Å². The van der Waals surface area contributed by atoms with Crippen molar-refractivity contribution in [3.05, 3.63) is 39.4 Å². The number of H-pyrrole nitrogens is 1. The highest BCUT2D eigenvalue weighted by Gasteiger charge is 2.15. The van der Waals surface area contributed by atoms with Crippen LogP contribution in [0, 0.1) is 18.6 Å². The van der Waals surface area contributed by atoms with Crippen molar-refractivity contribution in [1.82, 2.24) is 24.9 Å². The minimum absolute atomic E-state index is 0.0793. The summed E-state index contributed by atoms with van der Waals surface area (Å²) in [5.41, 5.74) is 3.56. The fourth-order valence-electron chi connectivity index (χ4n) is 3.35. The molecule has 3 aromatic rings. The molecular weight excluding hydrogens is 406 g/mol. The number of aryl methyl sites for hydroxylation is 2. The smallest absolute Gasteiger partial charge is 0.252 e. The molecule has 3 rings (SSSR count). The molecule has 2 aromatic heterocycles. The zero-order valence-corrected chi connectivity index (χ0v) is 18.5. The van der Waals surface area contributed by atoms with Crippen LogP contribution >= 0.6 is 12.2 Å². The average Bonchev–Trinajstić information content (AvgIpc) is 3.11. The van der Waals surface area contributed by atoms with E-state index in [0.29, 0.717) is 47.2 Å². The van der Waals surface area contributed by atoms with Crippen molar-refractivity contribution >= 4 is 23.9 Å². The number of carbonyl (C=O) groups excluding carboxylic acids is 1. The Labute approximate surface area is 179 Å². The number of benzene rings is 1. The summed E-state index contributed by atoms with van der Waals surface area (Å²) in [7, 11) is 4.70. The topological polar surface area (TPSA) is 103 Å². The number of hydrogen-bond acceptors (Lipinski definition) is 7. The quantitative estimate of drug-likeness (QED) is 0.529. The molecule has 0 bridgehead atoms. The van der Waals surface area contributed by atoms with Crippen LogP contribution in [0.4, 0.5) is 0 Å². The Hall–Kier alpha value is -3.14. The summed E-state index contributed by atoms with van der Waals surface area (Å²) in [6.07, 6.45) is 0.869. The van der Waals surface area contributed by atoms with Crippen molar-refractivity contribution in [3.8, 4) is 17.2 Å². The Bertz CT molecular complexity index is 1140. The molecule has 2 N–H and O–H groups in total. The van der Waals surface area contributed by atoms with E-state index in [1.54, 1.807) is 38.0 Å². The molecule has 0 fully saturated rings. The van der Waals surface area contributed by atoms with Gasteiger partial charge >= 0.3 is 0 Å². The van der Waals surface area contributed by atoms with E-state index in [1.807, 2.05) is 13.8 Å². The molecule has 0 aliphatic heterocycles. The molecule has 0 spiro atoms. The summed E-state index contributed by atoms with van der Waals surface area (Å²) in [5.74, 6) is 2.21. The van der Waals surface area contributed by atoms with E-state index in [-0.39, 0.29) is 5.91 Å². The second kappa shape index (κ2) is 9.12. The van der Waals surface area contributed by atoms with Gasteiger partial charge in [0.25, 0.3) is 5.78 Å². The van der Waals surface area contributed by atoms with Gasteiger partial charge in [-0.3, -0.25) is 9.89 Å². The molecule has 0 unspecified atom stereocenters. The van der Waals surface area contributed by atoms with Crippen LogP contribution in [0.25, 0.3) is 5.78 Å². The number of rotatable bonds is 8. The van der Waals surface area contributed by atoms with E-state index >= 15 is 0 Å². The molecule has 0 saturated heterocycles. The molecule has 0 saturated carbocycles. The molecular formula is C20H25N5O4S. The Balaban J connectivity index is 1.69. The Morgan fingerprint density at radius 2 is 1.77 bits per heavy atom. The van der Waals surface area contributed by atoms with Crippen molar-refractivity contribution in [2.75, 3.05) is 21.3 Å². The van der Waals surface area contributed by atoms with Gasteiger partial charge in [0, 0.05) is 36.0 Å². The maximum atomic E-state index is 12.5. The second-order valence-electron chi connectivity index (χ2n) is 6.72. The Morgan fingerprint density at radius 1 is 1.10 bits per heavy atom. The van der Waals surface area contributed by atoms with Crippen molar-refractivity contribution in [1.29, 1.82) is 0 Å². The largest absolute Gasteiger partial charge is 0.496 e. The van der Waals surface area contributed by atoms with E-state index in [1.165, 1.54) is 0 Å². The first-order chi connectivity index (χ1) is 14.4. The van der Waals surface area contributed by atoms with E-state index in [9.17, 15) is 4.79 Å². The van der Waals surface area contributed by atoms with Gasteiger partial charge in [0.2, 0.25) is 10.7 Å². The summed E-state index contributed by atoms with van der Waals surface area (Å²) < 4.78 is 18.2. The molecule has 2 heterocycles. The summed E-state index contributed by atoms with van der Waals surface area (Å²) in [5, 5.41) is 5.92. The number of nitrogens with one attached hydrogen (secondary N) is 2. The van der Waals surface area contributed by atoms with Crippen LogP contribution in [0.2, 0.25) is 0 Å². The third-order valence-electron chi connectivity index (χ3n) is 4.95. The summed E-state index contributed by atoms with van der Waals surface area (Å²) in [4.78, 5) is 21.1. The summed E-state index contributed by atoms with van der Waals surface area (Å²) >= 11 is 5.08. The summed E-state index contributed by atoms with van der Waals surface area (Å²) in [6.45, 7) is 4.18. The van der Waals surface area contributed by atoms with E-state index in [2.05, 4.69) is 20.4 Å². The second-order valence-corrected chi connectivity index (χ2v) is 7.11. The van der Waals surface area contributed by atoms with E-state index < -0.39 is 0 Å². The van der Waals surface area contributed by atoms with Crippen LogP contribution in [0.5, 0.6) is 17.2 Å². The number of amides is 1. The zero-order valence-electron chi connectivity index (χ0n) is 17.7. The predicted molar refractivity (Wildman–Crippen MR) is 114 cm³/mol. The molecule has 0 atom stereocenters. The molecule has 0 radical (unpaired) electrons. The first-order valence-corrected chi connectivity index (χ1v) is 9.79. The number of hydrogen-bond donors (Lipinski definition) is 2. The van der Waals surface area contributed by atoms with Crippen molar-refractivity contribution in [2.24, 2.45) is 0 Å². The van der Waals surface area contributed by atoms with Crippen LogP contribution in [-0.2, 0) is 17.8 Å². The lowest BCUT2D eigenvalue weighted by molar-refractivity contribution is -0.121. The highest BCUT2D eigenvalue weighted by atomic mass is 32.1. The SMILES string of the molecule is COc1cc(OC)c(OC)cc1CNC(=O)CCc1c(C)nc2nc(=S)[nH]n2c1C. The number of aromatic amines is 1. The molecule has 10 heteroatoms. The fraction of sp³-hybridized carbons (Fsp3) is 0.400. The number of fused-ring (bicyclic) bond motifs is 1. The van der Waals surface area contributed by atoms with Gasteiger partial charge in [-0.15, -0.1) is 0 Å². The van der Waals surface area contributed by atoms with Crippen LogP contribution in [0.1, 0.15) is 28.9 Å². The molecule has 1 aromatic carbocycles. The third kappa shape index (κ3) is 4.38. The van der Waals surface area contributed by atoms with Gasteiger partial charge in [-0.1, -0.05) is 0 Å². The van der Waals surface area contributed by atoms with Crippen molar-refractivity contribution in [2.45, 2.75) is 33.2 Å². The molecule has 160 valence electrons. The minimum atomic E-state index is -0.0793. The lowest BCUT2D eigenvalue weighted by Gasteiger charge is -2.15. The first-order valence-electron chi connectivity index (χ1n) is 9.38. The maximum absolute atomic E-state index is 12.5. The van der Waals surface area contributed by atoms with Crippen LogP contribution < -0.4 is 19.5 Å². The first kappa shape index (κ1) is 21.6. The third-order valence-corrected chi connectivity index (χ3v) is 5.13. The normalized spacial score (nSPS) is 10.8. The van der Waals surface area contributed by atoms with Gasteiger partial charge in [-0.2, -0.15) is 4.98 Å². The monoisotopic (exact) mass is 431 g/mol. The predicted octanol–water partition coefficient (Wildman–Crippen LogP) is 2.68. The Morgan fingerprint density at radius 3 is 2.43 bits per heavy atom. The molecule has 9 nitrogen and oxygen atoms in total. The highest BCUT2D eigenvalue weighted by molar-refractivity contribution is 7.71. The fourth-order valence-corrected chi connectivity index (χ4v) is 3.52.